The van der Waals surface area contributed by atoms with Crippen molar-refractivity contribution in [2.75, 3.05) is 5.32 Å². The van der Waals surface area contributed by atoms with Gasteiger partial charge in [0.1, 0.15) is 0 Å². The molecule has 3 aromatic rings. The summed E-state index contributed by atoms with van der Waals surface area (Å²) < 4.78 is 20.1. The summed E-state index contributed by atoms with van der Waals surface area (Å²) in [5, 5.41) is 3.60. The maximum Gasteiger partial charge on any atom is 0.226 e. The van der Waals surface area contributed by atoms with Crippen LogP contribution >= 0.6 is 11.6 Å². The molecule has 3 aromatic carbocycles. The quantitative estimate of drug-likeness (QED) is 0.320. The van der Waals surface area contributed by atoms with Gasteiger partial charge in [-0.15, -0.1) is 0 Å². The smallest absolute Gasteiger partial charge is 0.226 e. The fourth-order valence-electron chi connectivity index (χ4n) is 3.22. The van der Waals surface area contributed by atoms with Crippen molar-refractivity contribution in [1.82, 2.24) is 4.90 Å². The summed E-state index contributed by atoms with van der Waals surface area (Å²) in [7, 11) is 0. The number of nitrogens with zero attached hydrogens (tertiary/aromatic N) is 3. The molecule has 7 nitrogen and oxygen atoms in total. The van der Waals surface area contributed by atoms with Crippen LogP contribution in [0.25, 0.3) is 0 Å². The minimum atomic E-state index is -0.550. The standard InChI is InChI=1S/C27H29ClFN5O2/c1-18(2)36-25-14-13-23(15-24(25)29)32-27(33-26(30)31-16-20-7-5-4-6-8-20)34(19(3)35)17-21-9-11-22(28)12-10-21/h4-15,18H,16-17H2,1-3H3,(H3,30,31,32,33). The summed E-state index contributed by atoms with van der Waals surface area (Å²) >= 11 is 6.00. The Labute approximate surface area is 215 Å². The lowest BCUT2D eigenvalue weighted by Gasteiger charge is -2.24. The molecule has 0 aliphatic heterocycles. The largest absolute Gasteiger partial charge is 0.488 e. The molecule has 9 heteroatoms. The third-order valence-corrected chi connectivity index (χ3v) is 5.18. The van der Waals surface area contributed by atoms with Crippen molar-refractivity contribution >= 4 is 35.1 Å². The van der Waals surface area contributed by atoms with Crippen LogP contribution in [-0.4, -0.2) is 28.8 Å². The summed E-state index contributed by atoms with van der Waals surface area (Å²) in [5.74, 6) is -0.659. The van der Waals surface area contributed by atoms with E-state index >= 15 is 0 Å². The predicted octanol–water partition coefficient (Wildman–Crippen LogP) is 5.60. The van der Waals surface area contributed by atoms with Crippen molar-refractivity contribution < 1.29 is 13.9 Å². The van der Waals surface area contributed by atoms with Crippen LogP contribution in [0, 0.1) is 5.82 Å². The number of carbonyl (C=O) groups is 1. The summed E-state index contributed by atoms with van der Waals surface area (Å²) in [6.45, 7) is 5.54. The topological polar surface area (TPSA) is 92.3 Å². The molecular formula is C27H29ClFN5O2. The van der Waals surface area contributed by atoms with Crippen LogP contribution in [-0.2, 0) is 17.9 Å². The van der Waals surface area contributed by atoms with Gasteiger partial charge in [-0.3, -0.25) is 9.69 Å². The lowest BCUT2D eigenvalue weighted by Crippen LogP contribution is -2.40. The van der Waals surface area contributed by atoms with Crippen molar-refractivity contribution in [2.45, 2.75) is 40.0 Å². The van der Waals surface area contributed by atoms with Crippen molar-refractivity contribution in [3.63, 3.8) is 0 Å². The van der Waals surface area contributed by atoms with Gasteiger partial charge in [-0.2, -0.15) is 4.99 Å². The number of nitrogens with one attached hydrogen (secondary N) is 1. The third-order valence-electron chi connectivity index (χ3n) is 4.93. The molecule has 0 bridgehead atoms. The van der Waals surface area contributed by atoms with E-state index < -0.39 is 5.82 Å². The molecule has 188 valence electrons. The Balaban J connectivity index is 1.93. The van der Waals surface area contributed by atoms with Gasteiger partial charge in [0.2, 0.25) is 17.8 Å². The number of halogens is 2. The predicted molar refractivity (Wildman–Crippen MR) is 143 cm³/mol. The van der Waals surface area contributed by atoms with Gasteiger partial charge in [0, 0.05) is 23.7 Å². The summed E-state index contributed by atoms with van der Waals surface area (Å²) in [6.07, 6.45) is -0.177. The number of hydrogen-bond acceptors (Lipinski definition) is 3. The summed E-state index contributed by atoms with van der Waals surface area (Å²) in [6, 6.07) is 21.1. The Kier molecular flexibility index (Phi) is 9.41. The number of aliphatic imine (C=N–C) groups is 2. The molecule has 0 saturated heterocycles. The normalized spacial score (nSPS) is 11.9. The van der Waals surface area contributed by atoms with E-state index in [9.17, 15) is 9.18 Å². The molecule has 0 fully saturated rings. The van der Waals surface area contributed by atoms with Crippen LogP contribution < -0.4 is 15.8 Å². The van der Waals surface area contributed by atoms with Gasteiger partial charge in [0.05, 0.1) is 19.2 Å². The molecule has 0 aromatic heterocycles. The van der Waals surface area contributed by atoms with Crippen LogP contribution in [0.1, 0.15) is 31.9 Å². The second-order valence-electron chi connectivity index (χ2n) is 8.26. The summed E-state index contributed by atoms with van der Waals surface area (Å²) in [4.78, 5) is 22.7. The number of anilines is 1. The highest BCUT2D eigenvalue weighted by atomic mass is 35.5. The fourth-order valence-corrected chi connectivity index (χ4v) is 3.35. The zero-order chi connectivity index (χ0) is 26.1. The highest BCUT2D eigenvalue weighted by molar-refractivity contribution is 6.30. The monoisotopic (exact) mass is 509 g/mol. The lowest BCUT2D eigenvalue weighted by atomic mass is 10.2. The highest BCUT2D eigenvalue weighted by Crippen LogP contribution is 2.23. The maximum absolute atomic E-state index is 14.6. The molecule has 0 aliphatic carbocycles. The minimum absolute atomic E-state index is 0.0380. The molecule has 0 unspecified atom stereocenters. The Morgan fingerprint density at radius 3 is 2.39 bits per heavy atom. The van der Waals surface area contributed by atoms with E-state index in [0.29, 0.717) is 17.3 Å². The van der Waals surface area contributed by atoms with Gasteiger partial charge < -0.3 is 15.8 Å². The van der Waals surface area contributed by atoms with Crippen LogP contribution in [0.3, 0.4) is 0 Å². The number of rotatable bonds is 7. The first-order valence-corrected chi connectivity index (χ1v) is 11.8. The van der Waals surface area contributed by atoms with Gasteiger partial charge in [-0.25, -0.2) is 9.38 Å². The van der Waals surface area contributed by atoms with Gasteiger partial charge in [0.25, 0.3) is 0 Å². The van der Waals surface area contributed by atoms with Crippen LogP contribution in [0.2, 0.25) is 5.02 Å². The van der Waals surface area contributed by atoms with E-state index in [-0.39, 0.29) is 36.2 Å². The molecule has 1 amide bonds. The van der Waals surface area contributed by atoms with E-state index in [1.165, 1.54) is 24.0 Å². The Morgan fingerprint density at radius 2 is 1.78 bits per heavy atom. The van der Waals surface area contributed by atoms with E-state index in [2.05, 4.69) is 15.3 Å². The SMILES string of the molecule is CC(=O)N(Cc1ccc(Cl)cc1)/C(=N\C(N)=NCc1ccccc1)Nc1ccc(OC(C)C)c(F)c1. The first kappa shape index (κ1) is 26.7. The Bertz CT molecular complexity index is 1230. The van der Waals surface area contributed by atoms with Crippen LogP contribution in [0.15, 0.2) is 82.8 Å². The zero-order valence-corrected chi connectivity index (χ0v) is 21.2. The van der Waals surface area contributed by atoms with Gasteiger partial charge in [0.15, 0.2) is 11.6 Å². The van der Waals surface area contributed by atoms with E-state index in [1.54, 1.807) is 30.3 Å². The molecular weight excluding hydrogens is 481 g/mol. The molecule has 0 radical (unpaired) electrons. The average molecular weight is 510 g/mol. The van der Waals surface area contributed by atoms with Crippen molar-refractivity contribution in [3.8, 4) is 5.75 Å². The first-order valence-electron chi connectivity index (χ1n) is 11.4. The number of hydrogen-bond donors (Lipinski definition) is 2. The van der Waals surface area contributed by atoms with Gasteiger partial charge >= 0.3 is 0 Å². The van der Waals surface area contributed by atoms with Crippen molar-refractivity contribution in [2.24, 2.45) is 15.7 Å². The third kappa shape index (κ3) is 8.09. The highest BCUT2D eigenvalue weighted by Gasteiger charge is 2.19. The number of nitrogens with two attached hydrogens (primary N) is 1. The molecule has 0 aliphatic rings. The summed E-state index contributed by atoms with van der Waals surface area (Å²) in [5.41, 5.74) is 8.24. The molecule has 0 spiro atoms. The number of carbonyl (C=O) groups excluding carboxylic acids is 1. The number of guanidine groups is 2. The van der Waals surface area contributed by atoms with Gasteiger partial charge in [-0.05, 0) is 49.2 Å². The maximum atomic E-state index is 14.6. The lowest BCUT2D eigenvalue weighted by molar-refractivity contribution is -0.125. The Morgan fingerprint density at radius 1 is 1.08 bits per heavy atom. The molecule has 0 heterocycles. The average Bonchev–Trinajstić information content (AvgIpc) is 2.84. The zero-order valence-electron chi connectivity index (χ0n) is 20.4. The van der Waals surface area contributed by atoms with Gasteiger partial charge in [-0.1, -0.05) is 54.1 Å². The van der Waals surface area contributed by atoms with Crippen molar-refractivity contribution in [1.29, 1.82) is 0 Å². The van der Waals surface area contributed by atoms with E-state index in [1.807, 2.05) is 44.2 Å². The molecule has 3 N–H and O–H groups in total. The number of ether oxygens (including phenoxy) is 1. The first-order chi connectivity index (χ1) is 17.2. The molecule has 3 rings (SSSR count). The van der Waals surface area contributed by atoms with E-state index in [4.69, 9.17) is 22.1 Å². The minimum Gasteiger partial charge on any atom is -0.488 e. The molecule has 0 atom stereocenters. The number of amides is 1. The van der Waals surface area contributed by atoms with E-state index in [0.717, 1.165) is 11.1 Å². The molecule has 36 heavy (non-hydrogen) atoms. The number of benzene rings is 3. The second kappa shape index (κ2) is 12.7. The Hall–Kier alpha value is -3.91. The van der Waals surface area contributed by atoms with Crippen LogP contribution in [0.4, 0.5) is 10.1 Å². The fraction of sp³-hybridized carbons (Fsp3) is 0.222. The van der Waals surface area contributed by atoms with Crippen molar-refractivity contribution in [3.05, 3.63) is 94.8 Å². The second-order valence-corrected chi connectivity index (χ2v) is 8.70. The van der Waals surface area contributed by atoms with Crippen LogP contribution in [0.5, 0.6) is 5.75 Å². The molecule has 0 saturated carbocycles.